The molecule has 2 N–H and O–H groups in total. The molecule has 0 spiro atoms. The van der Waals surface area contributed by atoms with Gasteiger partial charge in [-0.1, -0.05) is 20.8 Å². The summed E-state index contributed by atoms with van der Waals surface area (Å²) in [5.41, 5.74) is 5.76. The number of aromatic nitrogens is 3. The summed E-state index contributed by atoms with van der Waals surface area (Å²) in [6.45, 7) is 14.4. The Balaban J connectivity index is 1.77. The van der Waals surface area contributed by atoms with Crippen LogP contribution in [0.1, 0.15) is 52.1 Å². The normalized spacial score (nSPS) is 28.3. The van der Waals surface area contributed by atoms with Gasteiger partial charge in [0.25, 0.3) is 0 Å². The number of rotatable bonds is 6. The number of carbonyl (C=O) groups excluding carboxylic acids is 1. The van der Waals surface area contributed by atoms with E-state index in [2.05, 4.69) is 65.9 Å². The molecule has 10 nitrogen and oxygen atoms in total. The Kier molecular flexibility index (Phi) is 6.44. The average Bonchev–Trinajstić information content (AvgIpc) is 3.33. The van der Waals surface area contributed by atoms with Crippen LogP contribution < -0.4 is 5.73 Å². The maximum absolute atomic E-state index is 11.6. The molecule has 2 fully saturated rings. The van der Waals surface area contributed by atoms with Gasteiger partial charge in [0.2, 0.25) is 11.5 Å². The molecule has 0 aromatic carbocycles. The maximum Gasteiger partial charge on any atom is 0.223 e. The number of primary amides is 1. The van der Waals surface area contributed by atoms with Gasteiger partial charge in [-0.05, 0) is 54.0 Å². The first-order valence-electron chi connectivity index (χ1n) is 11.5. The largest absolute Gasteiger partial charge is 0.413 e. The molecule has 0 saturated carbocycles. The molecule has 4 heterocycles. The molecule has 4 atom stereocenters. The monoisotopic (exact) mass is 565 g/mol. The Morgan fingerprint density at radius 3 is 2.63 bits per heavy atom. The summed E-state index contributed by atoms with van der Waals surface area (Å²) in [7, 11) is -2.18. The minimum absolute atomic E-state index is 0.0380. The van der Waals surface area contributed by atoms with Crippen LogP contribution in [0.5, 0.6) is 0 Å². The van der Waals surface area contributed by atoms with Gasteiger partial charge in [-0.3, -0.25) is 4.79 Å². The number of nitriles is 1. The Morgan fingerprint density at radius 2 is 2.03 bits per heavy atom. The number of amides is 1. The highest BCUT2D eigenvalue weighted by atomic mass is 79.9. The highest BCUT2D eigenvalue weighted by Crippen LogP contribution is 2.51. The van der Waals surface area contributed by atoms with Gasteiger partial charge in [-0.2, -0.15) is 10.4 Å². The molecule has 1 amide bonds. The molecule has 4 rings (SSSR count). The molecular weight excluding hydrogens is 534 g/mol. The molecule has 0 unspecified atom stereocenters. The fraction of sp³-hybridized carbons (Fsp3) is 0.652. The molecule has 0 bridgehead atoms. The minimum Gasteiger partial charge on any atom is -0.413 e. The number of nitrogens with two attached hydrogens (primary N) is 1. The highest BCUT2D eigenvalue weighted by Gasteiger charge is 2.65. The smallest absolute Gasteiger partial charge is 0.223 e. The molecule has 2 aliphatic heterocycles. The van der Waals surface area contributed by atoms with Crippen LogP contribution in [-0.4, -0.2) is 59.0 Å². The fourth-order valence-electron chi connectivity index (χ4n) is 4.28. The number of hydrogen-bond acceptors (Lipinski definition) is 8. The van der Waals surface area contributed by atoms with Gasteiger partial charge < -0.3 is 24.4 Å². The first kappa shape index (κ1) is 26.2. The Hall–Kier alpha value is -1.88. The van der Waals surface area contributed by atoms with Gasteiger partial charge in [0.05, 0.1) is 24.4 Å². The SMILES string of the molecule is CC1(C)O[C@H]2[C@H](c3cc(Br)c4c(CC(N)=O)ncnn34)O[C@](C#N)(CO[Si](C)(C)C(C)(C)C)[C@H]2O1. The van der Waals surface area contributed by atoms with Crippen molar-refractivity contribution < 1.29 is 23.4 Å². The van der Waals surface area contributed by atoms with Crippen molar-refractivity contribution in [3.8, 4) is 6.07 Å². The predicted molar refractivity (Wildman–Crippen MR) is 133 cm³/mol. The topological polar surface area (TPSA) is 134 Å². The van der Waals surface area contributed by atoms with Crippen LogP contribution in [0.15, 0.2) is 16.9 Å². The van der Waals surface area contributed by atoms with Crippen LogP contribution in [-0.2, 0) is 29.9 Å². The summed E-state index contributed by atoms with van der Waals surface area (Å²) < 4.78 is 27.7. The Labute approximate surface area is 214 Å². The van der Waals surface area contributed by atoms with E-state index < -0.39 is 43.9 Å². The molecule has 35 heavy (non-hydrogen) atoms. The third-order valence-electron chi connectivity index (χ3n) is 7.11. The zero-order chi connectivity index (χ0) is 26.0. The van der Waals surface area contributed by atoms with E-state index in [0.717, 1.165) is 0 Å². The fourth-order valence-corrected chi connectivity index (χ4v) is 5.92. The Morgan fingerprint density at radius 1 is 1.34 bits per heavy atom. The zero-order valence-corrected chi connectivity index (χ0v) is 23.7. The third kappa shape index (κ3) is 4.54. The average molecular weight is 567 g/mol. The number of ether oxygens (including phenoxy) is 3. The van der Waals surface area contributed by atoms with Crippen LogP contribution in [0, 0.1) is 11.3 Å². The van der Waals surface area contributed by atoms with Crippen molar-refractivity contribution in [2.24, 2.45) is 5.73 Å². The Bertz CT molecular complexity index is 1200. The van der Waals surface area contributed by atoms with Gasteiger partial charge in [-0.15, -0.1) is 0 Å². The number of fused-ring (bicyclic) bond motifs is 2. The van der Waals surface area contributed by atoms with E-state index in [1.165, 1.54) is 6.33 Å². The summed E-state index contributed by atoms with van der Waals surface area (Å²) in [5.74, 6) is -1.41. The number of nitrogens with zero attached hydrogens (tertiary/aromatic N) is 4. The van der Waals surface area contributed by atoms with Crippen LogP contribution >= 0.6 is 15.9 Å². The first-order valence-corrected chi connectivity index (χ1v) is 15.2. The lowest BCUT2D eigenvalue weighted by molar-refractivity contribution is -0.204. The lowest BCUT2D eigenvalue weighted by Gasteiger charge is -2.39. The molecule has 2 aromatic rings. The highest BCUT2D eigenvalue weighted by molar-refractivity contribution is 9.10. The molecular formula is C23H32BrN5O5Si. The van der Waals surface area contributed by atoms with E-state index >= 15 is 0 Å². The molecule has 2 aromatic heterocycles. The molecule has 0 radical (unpaired) electrons. The second-order valence-corrected chi connectivity index (χ2v) is 16.8. The number of hydrogen-bond donors (Lipinski definition) is 1. The maximum atomic E-state index is 11.6. The van der Waals surface area contributed by atoms with E-state index in [1.807, 2.05) is 19.9 Å². The van der Waals surface area contributed by atoms with Gasteiger partial charge in [-0.25, -0.2) is 9.50 Å². The summed E-state index contributed by atoms with van der Waals surface area (Å²) in [6.07, 6.45) is -0.608. The first-order chi connectivity index (χ1) is 16.1. The quantitative estimate of drug-likeness (QED) is 0.526. The van der Waals surface area contributed by atoms with Gasteiger partial charge in [0.1, 0.15) is 36.2 Å². The standard InChI is InChI=1S/C23H32BrN5O5Si/c1-21(2,3)35(6,7)31-11-23(10-25)20-19(32-22(4,5)34-20)18(33-23)15-8-13(24)17-14(9-16(26)30)27-12-28-29(15)17/h8,12,18-20H,9,11H2,1-7H3,(H2,26,30)/t18-,19-,20-,23+/m0/s1. The molecule has 2 aliphatic rings. The zero-order valence-electron chi connectivity index (χ0n) is 21.1. The summed E-state index contributed by atoms with van der Waals surface area (Å²) >= 11 is 3.56. The lowest BCUT2D eigenvalue weighted by Crippen LogP contribution is -2.51. The van der Waals surface area contributed by atoms with Gasteiger partial charge >= 0.3 is 0 Å². The van der Waals surface area contributed by atoms with E-state index in [1.54, 1.807) is 4.52 Å². The summed E-state index contributed by atoms with van der Waals surface area (Å²) in [6, 6.07) is 4.20. The third-order valence-corrected chi connectivity index (χ3v) is 12.2. The van der Waals surface area contributed by atoms with Crippen molar-refractivity contribution >= 4 is 35.7 Å². The van der Waals surface area contributed by atoms with Crippen molar-refractivity contribution in [3.05, 3.63) is 28.3 Å². The number of halogens is 1. The second-order valence-electron chi connectivity index (χ2n) is 11.1. The van der Waals surface area contributed by atoms with E-state index in [0.29, 0.717) is 21.4 Å². The van der Waals surface area contributed by atoms with Crippen LogP contribution in [0.25, 0.3) is 5.52 Å². The van der Waals surface area contributed by atoms with Crippen molar-refractivity contribution in [1.29, 1.82) is 5.26 Å². The van der Waals surface area contributed by atoms with Crippen molar-refractivity contribution in [1.82, 2.24) is 14.6 Å². The summed E-state index contributed by atoms with van der Waals surface area (Å²) in [5, 5.41) is 14.7. The molecule has 12 heteroatoms. The lowest BCUT2D eigenvalue weighted by atomic mass is 9.96. The van der Waals surface area contributed by atoms with Crippen molar-refractivity contribution in [3.63, 3.8) is 0 Å². The molecule has 0 aliphatic carbocycles. The van der Waals surface area contributed by atoms with Crippen LogP contribution in [0.3, 0.4) is 0 Å². The van der Waals surface area contributed by atoms with Gasteiger partial charge in [0, 0.05) is 4.47 Å². The molecule has 190 valence electrons. The van der Waals surface area contributed by atoms with Crippen molar-refractivity contribution in [2.75, 3.05) is 6.61 Å². The van der Waals surface area contributed by atoms with E-state index in [9.17, 15) is 10.1 Å². The van der Waals surface area contributed by atoms with Gasteiger partial charge in [0.15, 0.2) is 14.1 Å². The van der Waals surface area contributed by atoms with Crippen LogP contribution in [0.2, 0.25) is 18.1 Å². The minimum atomic E-state index is -2.18. The second kappa shape index (κ2) is 8.60. The van der Waals surface area contributed by atoms with Crippen molar-refractivity contribution in [2.45, 2.75) is 88.9 Å². The summed E-state index contributed by atoms with van der Waals surface area (Å²) in [4.78, 5) is 15.8. The van der Waals surface area contributed by atoms with E-state index in [-0.39, 0.29) is 18.1 Å². The van der Waals surface area contributed by atoms with E-state index in [4.69, 9.17) is 24.4 Å². The predicted octanol–water partition coefficient (Wildman–Crippen LogP) is 3.40. The van der Waals surface area contributed by atoms with Crippen LogP contribution in [0.4, 0.5) is 0 Å². The number of carbonyl (C=O) groups is 1. The molecule has 2 saturated heterocycles.